The average Bonchev–Trinajstić information content (AvgIpc) is 2.25. The van der Waals surface area contributed by atoms with Crippen LogP contribution in [0.3, 0.4) is 0 Å². The molecule has 0 saturated heterocycles. The summed E-state index contributed by atoms with van der Waals surface area (Å²) in [5.74, 6) is -0.222. The fraction of sp³-hybridized carbons (Fsp3) is 0.357. The van der Waals surface area contributed by atoms with E-state index in [2.05, 4.69) is 31.1 Å². The van der Waals surface area contributed by atoms with Gasteiger partial charge in [0, 0.05) is 17.5 Å². The van der Waals surface area contributed by atoms with E-state index in [0.29, 0.717) is 0 Å². The third-order valence-corrected chi connectivity index (χ3v) is 2.51. The average molecular weight is 232 g/mol. The number of pyridine rings is 1. The van der Waals surface area contributed by atoms with E-state index >= 15 is 0 Å². The van der Waals surface area contributed by atoms with Crippen molar-refractivity contribution in [3.05, 3.63) is 41.8 Å². The fourth-order valence-electron chi connectivity index (χ4n) is 1.59. The number of nitrogens with zero attached hydrogens (tertiary/aromatic N) is 1. The summed E-state index contributed by atoms with van der Waals surface area (Å²) in [6.07, 6.45) is 0. The summed E-state index contributed by atoms with van der Waals surface area (Å²) < 4.78 is 13.0. The predicted molar refractivity (Wildman–Crippen MR) is 68.3 cm³/mol. The topological polar surface area (TPSA) is 24.9 Å². The molecule has 1 aromatic heterocycles. The summed E-state index contributed by atoms with van der Waals surface area (Å²) >= 11 is 0. The van der Waals surface area contributed by atoms with Crippen LogP contribution in [-0.4, -0.2) is 10.5 Å². The van der Waals surface area contributed by atoms with Gasteiger partial charge >= 0.3 is 0 Å². The minimum Gasteiger partial charge on any atom is -0.306 e. The van der Waals surface area contributed by atoms with Crippen LogP contribution >= 0.6 is 0 Å². The van der Waals surface area contributed by atoms with Crippen molar-refractivity contribution in [2.45, 2.75) is 32.9 Å². The monoisotopic (exact) mass is 232 g/mol. The molecule has 0 bridgehead atoms. The van der Waals surface area contributed by atoms with Gasteiger partial charge in [0.1, 0.15) is 5.82 Å². The molecule has 0 spiro atoms. The van der Waals surface area contributed by atoms with Gasteiger partial charge in [0.25, 0.3) is 0 Å². The molecule has 0 radical (unpaired) electrons. The summed E-state index contributed by atoms with van der Waals surface area (Å²) in [6.45, 7) is 7.06. The highest BCUT2D eigenvalue weighted by Gasteiger charge is 2.09. The minimum atomic E-state index is -0.222. The van der Waals surface area contributed by atoms with Crippen molar-refractivity contribution in [2.75, 3.05) is 0 Å². The maximum absolute atomic E-state index is 13.0. The maximum Gasteiger partial charge on any atom is 0.123 e. The highest BCUT2D eigenvalue weighted by atomic mass is 19.1. The van der Waals surface area contributed by atoms with Gasteiger partial charge in [-0.15, -0.1) is 0 Å². The summed E-state index contributed by atoms with van der Waals surface area (Å²) in [4.78, 5) is 4.49. The second-order valence-corrected chi connectivity index (χ2v) is 5.24. The minimum absolute atomic E-state index is 0.0689. The van der Waals surface area contributed by atoms with Crippen LogP contribution in [0.5, 0.6) is 0 Å². The smallest absolute Gasteiger partial charge is 0.123 e. The molecule has 2 nitrogen and oxygen atoms in total. The van der Waals surface area contributed by atoms with E-state index < -0.39 is 0 Å². The summed E-state index contributed by atoms with van der Waals surface area (Å²) in [5.41, 5.74) is 1.87. The van der Waals surface area contributed by atoms with E-state index in [1.165, 1.54) is 12.1 Å². The van der Waals surface area contributed by atoms with Crippen molar-refractivity contribution >= 4 is 10.9 Å². The third kappa shape index (κ3) is 3.24. The first-order valence-electron chi connectivity index (χ1n) is 5.74. The third-order valence-electron chi connectivity index (χ3n) is 2.51. The molecule has 0 aliphatic rings. The van der Waals surface area contributed by atoms with Crippen LogP contribution in [0.15, 0.2) is 30.3 Å². The van der Waals surface area contributed by atoms with E-state index in [1.54, 1.807) is 6.07 Å². The molecule has 2 aromatic rings. The van der Waals surface area contributed by atoms with Gasteiger partial charge < -0.3 is 5.32 Å². The van der Waals surface area contributed by atoms with E-state index in [4.69, 9.17) is 0 Å². The Balaban J connectivity index is 2.23. The van der Waals surface area contributed by atoms with Crippen LogP contribution < -0.4 is 5.32 Å². The highest BCUT2D eigenvalue weighted by Crippen LogP contribution is 2.14. The number of nitrogens with one attached hydrogen (secondary N) is 1. The van der Waals surface area contributed by atoms with Crippen molar-refractivity contribution in [2.24, 2.45) is 0 Å². The molecular formula is C14H17FN2. The first kappa shape index (κ1) is 12.0. The Morgan fingerprint density at radius 2 is 1.94 bits per heavy atom. The molecular weight excluding hydrogens is 215 g/mol. The molecule has 0 saturated carbocycles. The Kier molecular flexibility index (Phi) is 3.11. The Bertz CT molecular complexity index is 529. The van der Waals surface area contributed by atoms with Gasteiger partial charge in [0.15, 0.2) is 0 Å². The molecule has 17 heavy (non-hydrogen) atoms. The van der Waals surface area contributed by atoms with Gasteiger partial charge in [-0.05, 0) is 45.0 Å². The number of rotatable bonds is 2. The zero-order chi connectivity index (χ0) is 12.5. The Morgan fingerprint density at radius 1 is 1.18 bits per heavy atom. The fourth-order valence-corrected chi connectivity index (χ4v) is 1.59. The van der Waals surface area contributed by atoms with E-state index in [0.717, 1.165) is 23.1 Å². The number of aromatic nitrogens is 1. The maximum atomic E-state index is 13.0. The molecule has 1 N–H and O–H groups in total. The lowest BCUT2D eigenvalue weighted by molar-refractivity contribution is 0.421. The van der Waals surface area contributed by atoms with Crippen molar-refractivity contribution in [3.8, 4) is 0 Å². The standard InChI is InChI=1S/C14H17FN2/c1-14(2,3)16-9-12-6-4-10-8-11(15)5-7-13(10)17-12/h4-8,16H,9H2,1-3H3. The van der Waals surface area contributed by atoms with Crippen LogP contribution in [-0.2, 0) is 6.54 Å². The first-order valence-corrected chi connectivity index (χ1v) is 5.74. The molecule has 3 heteroatoms. The SMILES string of the molecule is CC(C)(C)NCc1ccc2cc(F)ccc2n1. The quantitative estimate of drug-likeness (QED) is 0.859. The van der Waals surface area contributed by atoms with Crippen LogP contribution in [0.25, 0.3) is 10.9 Å². The second-order valence-electron chi connectivity index (χ2n) is 5.24. The van der Waals surface area contributed by atoms with Crippen molar-refractivity contribution < 1.29 is 4.39 Å². The van der Waals surface area contributed by atoms with Crippen LogP contribution in [0.1, 0.15) is 26.5 Å². The summed E-state index contributed by atoms with van der Waals surface area (Å²) in [5, 5.41) is 4.22. The van der Waals surface area contributed by atoms with E-state index in [9.17, 15) is 4.39 Å². The van der Waals surface area contributed by atoms with Crippen LogP contribution in [0.2, 0.25) is 0 Å². The molecule has 90 valence electrons. The van der Waals surface area contributed by atoms with Crippen LogP contribution in [0.4, 0.5) is 4.39 Å². The van der Waals surface area contributed by atoms with Gasteiger partial charge in [-0.3, -0.25) is 4.98 Å². The lowest BCUT2D eigenvalue weighted by Gasteiger charge is -2.20. The summed E-state index contributed by atoms with van der Waals surface area (Å²) in [7, 11) is 0. The number of benzene rings is 1. The van der Waals surface area contributed by atoms with Crippen molar-refractivity contribution in [3.63, 3.8) is 0 Å². The zero-order valence-corrected chi connectivity index (χ0v) is 10.4. The van der Waals surface area contributed by atoms with E-state index in [1.807, 2.05) is 12.1 Å². The van der Waals surface area contributed by atoms with Crippen molar-refractivity contribution in [1.82, 2.24) is 10.3 Å². The normalized spacial score (nSPS) is 12.0. The molecule has 0 fully saturated rings. The predicted octanol–water partition coefficient (Wildman–Crippen LogP) is 3.26. The lowest BCUT2D eigenvalue weighted by atomic mass is 10.1. The number of fused-ring (bicyclic) bond motifs is 1. The lowest BCUT2D eigenvalue weighted by Crippen LogP contribution is -2.35. The number of halogens is 1. The molecule has 0 aliphatic heterocycles. The van der Waals surface area contributed by atoms with Gasteiger partial charge in [-0.25, -0.2) is 4.39 Å². The van der Waals surface area contributed by atoms with Crippen molar-refractivity contribution in [1.29, 1.82) is 0 Å². The number of hydrogen-bond donors (Lipinski definition) is 1. The molecule has 0 unspecified atom stereocenters. The van der Waals surface area contributed by atoms with E-state index in [-0.39, 0.29) is 11.4 Å². The first-order chi connectivity index (χ1) is 7.94. The molecule has 0 amide bonds. The van der Waals surface area contributed by atoms with Gasteiger partial charge in [0.05, 0.1) is 11.2 Å². The largest absolute Gasteiger partial charge is 0.306 e. The second kappa shape index (κ2) is 4.41. The Morgan fingerprint density at radius 3 is 2.65 bits per heavy atom. The van der Waals surface area contributed by atoms with Gasteiger partial charge in [0.2, 0.25) is 0 Å². The number of hydrogen-bond acceptors (Lipinski definition) is 2. The molecule has 1 heterocycles. The van der Waals surface area contributed by atoms with Gasteiger partial charge in [-0.2, -0.15) is 0 Å². The van der Waals surface area contributed by atoms with Gasteiger partial charge in [-0.1, -0.05) is 6.07 Å². The summed E-state index contributed by atoms with van der Waals surface area (Å²) in [6, 6.07) is 8.50. The Labute approximate surface area is 101 Å². The van der Waals surface area contributed by atoms with Crippen LogP contribution in [0, 0.1) is 5.82 Å². The highest BCUT2D eigenvalue weighted by molar-refractivity contribution is 5.78. The molecule has 2 rings (SSSR count). The Hall–Kier alpha value is -1.48. The molecule has 0 atom stereocenters. The molecule has 1 aromatic carbocycles. The molecule has 0 aliphatic carbocycles. The zero-order valence-electron chi connectivity index (χ0n) is 10.4.